The first kappa shape index (κ1) is 13.4. The molecule has 0 unspecified atom stereocenters. The average molecular weight is 277 g/mol. The Balaban J connectivity index is 2.09. The summed E-state index contributed by atoms with van der Waals surface area (Å²) >= 11 is 1.34. The predicted octanol–water partition coefficient (Wildman–Crippen LogP) is 1.94. The van der Waals surface area contributed by atoms with Gasteiger partial charge in [0, 0.05) is 24.2 Å². The van der Waals surface area contributed by atoms with Crippen molar-refractivity contribution in [1.29, 1.82) is 0 Å². The number of methoxy groups -OCH3 is 1. The van der Waals surface area contributed by atoms with Crippen LogP contribution in [0, 0.1) is 0 Å². The van der Waals surface area contributed by atoms with Gasteiger partial charge in [0.1, 0.15) is 5.75 Å². The molecule has 0 radical (unpaired) electrons. The molecular weight excluding hydrogens is 262 g/mol. The topological polar surface area (TPSA) is 68.5 Å². The van der Waals surface area contributed by atoms with Gasteiger partial charge in [-0.2, -0.15) is 0 Å². The van der Waals surface area contributed by atoms with Gasteiger partial charge in [-0.3, -0.25) is 4.79 Å². The largest absolute Gasteiger partial charge is 0.497 e. The summed E-state index contributed by atoms with van der Waals surface area (Å²) in [6, 6.07) is 7.35. The van der Waals surface area contributed by atoms with Gasteiger partial charge in [-0.15, -0.1) is 11.3 Å². The quantitative estimate of drug-likeness (QED) is 0.927. The molecule has 2 aromatic rings. The van der Waals surface area contributed by atoms with Crippen molar-refractivity contribution in [2.45, 2.75) is 6.42 Å². The molecule has 1 aromatic heterocycles. The van der Waals surface area contributed by atoms with Gasteiger partial charge in [-0.05, 0) is 12.1 Å². The number of nitrogens with two attached hydrogens (primary N) is 1. The van der Waals surface area contributed by atoms with E-state index in [2.05, 4.69) is 4.98 Å². The summed E-state index contributed by atoms with van der Waals surface area (Å²) in [5.41, 5.74) is 7.03. The minimum absolute atomic E-state index is 0.0430. The van der Waals surface area contributed by atoms with E-state index in [1.54, 1.807) is 24.4 Å². The summed E-state index contributed by atoms with van der Waals surface area (Å²) in [6.07, 6.45) is 0.238. The van der Waals surface area contributed by atoms with E-state index in [0.29, 0.717) is 10.8 Å². The third-order valence-corrected chi connectivity index (χ3v) is 3.44. The van der Waals surface area contributed by atoms with Crippen LogP contribution < -0.4 is 15.4 Å². The van der Waals surface area contributed by atoms with Crippen molar-refractivity contribution >= 4 is 28.1 Å². The molecule has 2 N–H and O–H groups in total. The van der Waals surface area contributed by atoms with Gasteiger partial charge in [-0.25, -0.2) is 4.98 Å². The van der Waals surface area contributed by atoms with Crippen LogP contribution in [0.2, 0.25) is 0 Å². The number of nitrogens with zero attached hydrogens (tertiary/aromatic N) is 2. The molecule has 0 bridgehead atoms. The van der Waals surface area contributed by atoms with Gasteiger partial charge in [0.2, 0.25) is 5.91 Å². The number of anilines is 2. The highest BCUT2D eigenvalue weighted by atomic mass is 32.1. The molecule has 1 aromatic carbocycles. The van der Waals surface area contributed by atoms with E-state index in [4.69, 9.17) is 10.5 Å². The number of likely N-dealkylation sites (N-methyl/N-ethyl adjacent to an activating group) is 1. The van der Waals surface area contributed by atoms with Crippen molar-refractivity contribution in [3.63, 3.8) is 0 Å². The summed E-state index contributed by atoms with van der Waals surface area (Å²) in [5, 5.41) is 2.28. The number of ether oxygens (including phenoxy) is 1. The van der Waals surface area contributed by atoms with E-state index in [0.717, 1.165) is 11.4 Å². The Bertz CT molecular complexity index is 583. The Kier molecular flexibility index (Phi) is 4.01. The van der Waals surface area contributed by atoms with Gasteiger partial charge in [-0.1, -0.05) is 6.07 Å². The number of carbonyl (C=O) groups excluding carboxylic acids is 1. The summed E-state index contributed by atoms with van der Waals surface area (Å²) in [6.45, 7) is 0. The van der Waals surface area contributed by atoms with Crippen molar-refractivity contribution in [3.05, 3.63) is 35.3 Å². The molecule has 0 saturated heterocycles. The fourth-order valence-corrected chi connectivity index (χ4v) is 2.20. The fraction of sp³-hybridized carbons (Fsp3) is 0.231. The number of rotatable bonds is 4. The summed E-state index contributed by atoms with van der Waals surface area (Å²) in [5.74, 6) is 0.675. The van der Waals surface area contributed by atoms with Crippen molar-refractivity contribution < 1.29 is 9.53 Å². The van der Waals surface area contributed by atoms with Crippen LogP contribution in [0.15, 0.2) is 29.6 Å². The number of hydrogen-bond donors (Lipinski definition) is 1. The van der Waals surface area contributed by atoms with E-state index < -0.39 is 0 Å². The third kappa shape index (κ3) is 3.23. The Morgan fingerprint density at radius 3 is 2.95 bits per heavy atom. The third-order valence-electron chi connectivity index (χ3n) is 2.72. The smallest absolute Gasteiger partial charge is 0.232 e. The van der Waals surface area contributed by atoms with Crippen LogP contribution in [0.3, 0.4) is 0 Å². The van der Waals surface area contributed by atoms with Crippen LogP contribution in [-0.2, 0) is 11.2 Å². The van der Waals surface area contributed by atoms with Crippen LogP contribution >= 0.6 is 11.3 Å². The van der Waals surface area contributed by atoms with Crippen molar-refractivity contribution in [1.82, 2.24) is 4.98 Å². The Labute approximate surface area is 115 Å². The lowest BCUT2D eigenvalue weighted by Crippen LogP contribution is -2.27. The normalized spacial score (nSPS) is 10.2. The minimum Gasteiger partial charge on any atom is -0.497 e. The predicted molar refractivity (Wildman–Crippen MR) is 76.6 cm³/mol. The zero-order chi connectivity index (χ0) is 13.8. The van der Waals surface area contributed by atoms with Gasteiger partial charge >= 0.3 is 0 Å². The maximum Gasteiger partial charge on any atom is 0.232 e. The molecule has 0 aliphatic rings. The molecule has 5 nitrogen and oxygen atoms in total. The lowest BCUT2D eigenvalue weighted by atomic mass is 10.2. The van der Waals surface area contributed by atoms with Crippen molar-refractivity contribution in [3.8, 4) is 5.75 Å². The van der Waals surface area contributed by atoms with E-state index in [9.17, 15) is 4.79 Å². The van der Waals surface area contributed by atoms with Gasteiger partial charge in [0.15, 0.2) is 5.13 Å². The molecule has 0 spiro atoms. The zero-order valence-electron chi connectivity index (χ0n) is 10.8. The maximum atomic E-state index is 12.1. The number of carbonyl (C=O) groups is 1. The van der Waals surface area contributed by atoms with Gasteiger partial charge < -0.3 is 15.4 Å². The van der Waals surface area contributed by atoms with E-state index >= 15 is 0 Å². The van der Waals surface area contributed by atoms with E-state index in [1.807, 2.05) is 24.3 Å². The average Bonchev–Trinajstić information content (AvgIpc) is 2.83. The number of aromatic nitrogens is 1. The first-order chi connectivity index (χ1) is 9.10. The van der Waals surface area contributed by atoms with Crippen LogP contribution in [0.1, 0.15) is 5.69 Å². The second-order valence-electron chi connectivity index (χ2n) is 4.01. The number of hydrogen-bond acceptors (Lipinski definition) is 5. The maximum absolute atomic E-state index is 12.1. The van der Waals surface area contributed by atoms with Gasteiger partial charge in [0.05, 0.1) is 19.2 Å². The van der Waals surface area contributed by atoms with Crippen LogP contribution in [-0.4, -0.2) is 25.0 Å². The molecule has 1 heterocycles. The molecule has 2 rings (SSSR count). The van der Waals surface area contributed by atoms with Crippen LogP contribution in [0.25, 0.3) is 0 Å². The molecule has 0 saturated carbocycles. The minimum atomic E-state index is -0.0430. The van der Waals surface area contributed by atoms with Gasteiger partial charge in [0.25, 0.3) is 0 Å². The van der Waals surface area contributed by atoms with Crippen molar-refractivity contribution in [2.75, 3.05) is 24.8 Å². The first-order valence-electron chi connectivity index (χ1n) is 5.70. The molecule has 100 valence electrons. The molecule has 1 amide bonds. The van der Waals surface area contributed by atoms with Crippen LogP contribution in [0.5, 0.6) is 5.75 Å². The summed E-state index contributed by atoms with van der Waals surface area (Å²) < 4.78 is 5.14. The second-order valence-corrected chi connectivity index (χ2v) is 4.90. The highest BCUT2D eigenvalue weighted by Gasteiger charge is 2.13. The Morgan fingerprint density at radius 1 is 1.53 bits per heavy atom. The molecule has 0 atom stereocenters. The Morgan fingerprint density at radius 2 is 2.32 bits per heavy atom. The highest BCUT2D eigenvalue weighted by Crippen LogP contribution is 2.21. The molecule has 0 aliphatic carbocycles. The highest BCUT2D eigenvalue weighted by molar-refractivity contribution is 7.13. The molecule has 6 heteroatoms. The van der Waals surface area contributed by atoms with E-state index in [-0.39, 0.29) is 12.3 Å². The lowest BCUT2D eigenvalue weighted by Gasteiger charge is -2.17. The zero-order valence-corrected chi connectivity index (χ0v) is 11.6. The number of nitrogen functional groups attached to an aromatic ring is 1. The summed E-state index contributed by atoms with van der Waals surface area (Å²) in [7, 11) is 3.33. The molecule has 0 aliphatic heterocycles. The number of benzene rings is 1. The van der Waals surface area contributed by atoms with Crippen molar-refractivity contribution in [2.24, 2.45) is 0 Å². The SMILES string of the molecule is COc1cccc(N(C)C(=O)Cc2csc(N)n2)c1. The fourth-order valence-electron chi connectivity index (χ4n) is 1.64. The lowest BCUT2D eigenvalue weighted by molar-refractivity contribution is -0.117. The molecule has 0 fully saturated rings. The van der Waals surface area contributed by atoms with E-state index in [1.165, 1.54) is 11.3 Å². The number of amides is 1. The molecular formula is C13H15N3O2S. The number of thiazole rings is 1. The Hall–Kier alpha value is -2.08. The standard InChI is InChI=1S/C13H15N3O2S/c1-16(10-4-3-5-11(7-10)18-2)12(17)6-9-8-19-13(14)15-9/h3-5,7-8H,6H2,1-2H3,(H2,14,15). The molecule has 19 heavy (non-hydrogen) atoms. The monoisotopic (exact) mass is 277 g/mol. The van der Waals surface area contributed by atoms with Crippen LogP contribution in [0.4, 0.5) is 10.8 Å². The second kappa shape index (κ2) is 5.71. The summed E-state index contributed by atoms with van der Waals surface area (Å²) in [4.78, 5) is 17.8. The first-order valence-corrected chi connectivity index (χ1v) is 6.58.